The molecule has 2 heteroatoms. The molecule has 158 valence electrons. The van der Waals surface area contributed by atoms with E-state index in [-0.39, 0.29) is 5.41 Å². The van der Waals surface area contributed by atoms with Gasteiger partial charge in [-0.05, 0) is 70.9 Å². The summed E-state index contributed by atoms with van der Waals surface area (Å²) in [6, 6.07) is 2.91. The first kappa shape index (κ1) is 22.2. The van der Waals surface area contributed by atoms with Crippen LogP contribution in [0.1, 0.15) is 102 Å². The molecule has 2 fully saturated rings. The molecule has 2 aliphatic rings. The highest BCUT2D eigenvalue weighted by Gasteiger charge is 2.30. The van der Waals surface area contributed by atoms with Crippen molar-refractivity contribution in [1.82, 2.24) is 0 Å². The van der Waals surface area contributed by atoms with E-state index in [2.05, 4.69) is 57.1 Å². The second-order valence-corrected chi connectivity index (χ2v) is 11.1. The first-order valence-corrected chi connectivity index (χ1v) is 12.4. The number of nitrogens with zero attached hydrogens (tertiary/aromatic N) is 1. The standard InChI is InChI=1S/C27H39NS/c1-20(2)26-25(19-24(29-26)17-18-27(4,5)6)28(23-15-11-8-12-16-23)21(3)22-13-9-7-10-14-22/h19,22-23H,1,3,7-16H2,2,4-6H3. The first-order valence-electron chi connectivity index (χ1n) is 11.6. The maximum Gasteiger partial charge on any atom is 0.0796 e. The fourth-order valence-electron chi connectivity index (χ4n) is 4.73. The SMILES string of the molecule is C=C(C)c1sc(C#CC(C)(C)C)cc1N(C(=C)C1CCCCC1)C1CCCCC1. The third kappa shape index (κ3) is 5.79. The normalized spacial score (nSPS) is 18.8. The lowest BCUT2D eigenvalue weighted by molar-refractivity contribution is 0.370. The molecule has 0 aliphatic heterocycles. The lowest BCUT2D eigenvalue weighted by Crippen LogP contribution is -2.38. The average Bonchev–Trinajstić information content (AvgIpc) is 3.12. The molecule has 1 nitrogen and oxygen atoms in total. The van der Waals surface area contributed by atoms with Crippen molar-refractivity contribution in [2.45, 2.75) is 97.9 Å². The van der Waals surface area contributed by atoms with Gasteiger partial charge in [0.25, 0.3) is 0 Å². The molecular weight excluding hydrogens is 370 g/mol. The quantitative estimate of drug-likeness (QED) is 0.441. The van der Waals surface area contributed by atoms with Crippen LogP contribution in [-0.2, 0) is 0 Å². The van der Waals surface area contributed by atoms with Crippen molar-refractivity contribution in [1.29, 1.82) is 0 Å². The van der Waals surface area contributed by atoms with E-state index >= 15 is 0 Å². The van der Waals surface area contributed by atoms with Gasteiger partial charge in [-0.3, -0.25) is 0 Å². The van der Waals surface area contributed by atoms with Crippen LogP contribution in [0.3, 0.4) is 0 Å². The van der Waals surface area contributed by atoms with Crippen molar-refractivity contribution in [2.75, 3.05) is 4.90 Å². The largest absolute Gasteiger partial charge is 0.341 e. The molecule has 1 aromatic rings. The van der Waals surface area contributed by atoms with Crippen molar-refractivity contribution in [3.05, 3.63) is 34.7 Å². The Hall–Kier alpha value is -1.46. The van der Waals surface area contributed by atoms with Gasteiger partial charge < -0.3 is 4.90 Å². The van der Waals surface area contributed by atoms with Crippen molar-refractivity contribution < 1.29 is 0 Å². The Kier molecular flexibility index (Phi) is 7.33. The molecule has 0 saturated heterocycles. The maximum absolute atomic E-state index is 4.69. The van der Waals surface area contributed by atoms with Crippen molar-refractivity contribution >= 4 is 22.6 Å². The predicted molar refractivity (Wildman–Crippen MR) is 130 cm³/mol. The summed E-state index contributed by atoms with van der Waals surface area (Å²) < 4.78 is 0. The van der Waals surface area contributed by atoms with Crippen LogP contribution in [0.25, 0.3) is 5.57 Å². The molecule has 1 heterocycles. The molecule has 0 spiro atoms. The van der Waals surface area contributed by atoms with Crippen LogP contribution < -0.4 is 4.90 Å². The number of allylic oxidation sites excluding steroid dienone is 2. The highest BCUT2D eigenvalue weighted by Crippen LogP contribution is 2.43. The summed E-state index contributed by atoms with van der Waals surface area (Å²) >= 11 is 1.81. The fraction of sp³-hybridized carbons (Fsp3) is 0.630. The van der Waals surface area contributed by atoms with E-state index in [0.717, 1.165) is 10.5 Å². The van der Waals surface area contributed by atoms with Crippen LogP contribution >= 0.6 is 11.3 Å². The summed E-state index contributed by atoms with van der Waals surface area (Å²) in [6.07, 6.45) is 13.3. The maximum atomic E-state index is 4.69. The van der Waals surface area contributed by atoms with Gasteiger partial charge in [0.05, 0.1) is 15.4 Å². The molecule has 2 aliphatic carbocycles. The third-order valence-electron chi connectivity index (χ3n) is 6.25. The van der Waals surface area contributed by atoms with E-state index in [4.69, 9.17) is 6.58 Å². The summed E-state index contributed by atoms with van der Waals surface area (Å²) in [7, 11) is 0. The Bertz CT molecular complexity index is 783. The molecule has 1 aromatic heterocycles. The Morgan fingerprint density at radius 1 is 1.00 bits per heavy atom. The minimum absolute atomic E-state index is 0.0162. The van der Waals surface area contributed by atoms with Crippen LogP contribution in [0.15, 0.2) is 24.9 Å². The molecule has 0 amide bonds. The lowest BCUT2D eigenvalue weighted by atomic mass is 9.85. The van der Waals surface area contributed by atoms with Gasteiger partial charge in [0.2, 0.25) is 0 Å². The molecule has 0 unspecified atom stereocenters. The van der Waals surface area contributed by atoms with Crippen LogP contribution in [0.2, 0.25) is 0 Å². The van der Waals surface area contributed by atoms with Crippen molar-refractivity contribution in [3.63, 3.8) is 0 Å². The molecule has 3 rings (SSSR count). The summed E-state index contributed by atoms with van der Waals surface area (Å²) in [5.74, 6) is 7.50. The predicted octanol–water partition coefficient (Wildman–Crippen LogP) is 8.41. The molecule has 0 N–H and O–H groups in total. The number of thiophene rings is 1. The zero-order valence-corrected chi connectivity index (χ0v) is 19.9. The van der Waals surface area contributed by atoms with Gasteiger partial charge in [-0.1, -0.05) is 63.5 Å². The fourth-order valence-corrected chi connectivity index (χ4v) is 5.66. The minimum atomic E-state index is 0.0162. The monoisotopic (exact) mass is 409 g/mol. The van der Waals surface area contributed by atoms with Gasteiger partial charge >= 0.3 is 0 Å². The van der Waals surface area contributed by atoms with E-state index in [1.54, 1.807) is 0 Å². The topological polar surface area (TPSA) is 3.24 Å². The smallest absolute Gasteiger partial charge is 0.0796 e. The molecule has 29 heavy (non-hydrogen) atoms. The summed E-state index contributed by atoms with van der Waals surface area (Å²) in [6.45, 7) is 17.7. The number of anilines is 1. The van der Waals surface area contributed by atoms with E-state index in [1.165, 1.54) is 80.5 Å². The highest BCUT2D eigenvalue weighted by molar-refractivity contribution is 7.14. The zero-order valence-electron chi connectivity index (χ0n) is 19.1. The van der Waals surface area contributed by atoms with Gasteiger partial charge in [-0.2, -0.15) is 0 Å². The zero-order chi connectivity index (χ0) is 21.0. The van der Waals surface area contributed by atoms with Crippen molar-refractivity contribution in [3.8, 4) is 11.8 Å². The second kappa shape index (κ2) is 9.57. The molecule has 2 saturated carbocycles. The first-order chi connectivity index (χ1) is 13.8. The van der Waals surface area contributed by atoms with Crippen LogP contribution in [-0.4, -0.2) is 6.04 Å². The van der Waals surface area contributed by atoms with Crippen LogP contribution in [0, 0.1) is 23.2 Å². The number of hydrogen-bond acceptors (Lipinski definition) is 2. The van der Waals surface area contributed by atoms with Crippen LogP contribution in [0.5, 0.6) is 0 Å². The molecular formula is C27H39NS. The van der Waals surface area contributed by atoms with E-state index in [9.17, 15) is 0 Å². The summed E-state index contributed by atoms with van der Waals surface area (Å²) in [5, 5.41) is 0. The Morgan fingerprint density at radius 3 is 2.14 bits per heavy atom. The molecule has 0 radical (unpaired) electrons. The average molecular weight is 410 g/mol. The Balaban J connectivity index is 2.01. The molecule has 0 aromatic carbocycles. The van der Waals surface area contributed by atoms with Gasteiger partial charge in [0.1, 0.15) is 0 Å². The highest BCUT2D eigenvalue weighted by atomic mass is 32.1. The van der Waals surface area contributed by atoms with E-state index in [0.29, 0.717) is 12.0 Å². The molecule has 0 bridgehead atoms. The minimum Gasteiger partial charge on any atom is -0.341 e. The van der Waals surface area contributed by atoms with Crippen molar-refractivity contribution in [2.24, 2.45) is 11.3 Å². The van der Waals surface area contributed by atoms with Gasteiger partial charge in [-0.25, -0.2) is 0 Å². The lowest BCUT2D eigenvalue weighted by Gasteiger charge is -2.41. The number of rotatable bonds is 5. The Morgan fingerprint density at radius 2 is 1.59 bits per heavy atom. The third-order valence-corrected chi connectivity index (χ3v) is 7.45. The summed E-state index contributed by atoms with van der Waals surface area (Å²) in [5.41, 5.74) is 3.84. The van der Waals surface area contributed by atoms with Crippen LogP contribution in [0.4, 0.5) is 5.69 Å². The van der Waals surface area contributed by atoms with E-state index in [1.807, 2.05) is 11.3 Å². The van der Waals surface area contributed by atoms with E-state index < -0.39 is 0 Å². The number of hydrogen-bond donors (Lipinski definition) is 0. The van der Waals surface area contributed by atoms with Gasteiger partial charge in [0, 0.05) is 17.2 Å². The second-order valence-electron chi connectivity index (χ2n) is 10.1. The molecule has 0 atom stereocenters. The summed E-state index contributed by atoms with van der Waals surface area (Å²) in [4.78, 5) is 5.09. The van der Waals surface area contributed by atoms with Gasteiger partial charge in [-0.15, -0.1) is 11.3 Å². The van der Waals surface area contributed by atoms with Gasteiger partial charge in [0.15, 0.2) is 0 Å². The Labute approximate surface area is 183 Å².